The van der Waals surface area contributed by atoms with Crippen molar-refractivity contribution in [2.45, 2.75) is 12.3 Å². The van der Waals surface area contributed by atoms with Crippen molar-refractivity contribution in [1.82, 2.24) is 9.97 Å². The molecule has 0 spiro atoms. The molecule has 15 heavy (non-hydrogen) atoms. The summed E-state index contributed by atoms with van der Waals surface area (Å²) in [5, 5.41) is 10.9. The maximum atomic E-state index is 11.9. The third-order valence-electron chi connectivity index (χ3n) is 1.54. The van der Waals surface area contributed by atoms with Crippen LogP contribution in [0.4, 0.5) is 24.8 Å². The van der Waals surface area contributed by atoms with Crippen LogP contribution in [0.3, 0.4) is 0 Å². The van der Waals surface area contributed by atoms with Gasteiger partial charge in [-0.15, -0.1) is 0 Å². The highest BCUT2D eigenvalue weighted by molar-refractivity contribution is 5.43. The van der Waals surface area contributed by atoms with Crippen LogP contribution in [0.2, 0.25) is 0 Å². The molecule has 0 bridgehead atoms. The lowest BCUT2D eigenvalue weighted by molar-refractivity contribution is -0.198. The van der Waals surface area contributed by atoms with E-state index in [4.69, 9.17) is 10.8 Å². The zero-order chi connectivity index (χ0) is 11.5. The monoisotopic (exact) mass is 222 g/mol. The molecule has 84 valence electrons. The molecule has 1 rings (SSSR count). The Morgan fingerprint density at radius 3 is 2.67 bits per heavy atom. The van der Waals surface area contributed by atoms with Gasteiger partial charge in [-0.1, -0.05) is 0 Å². The first-order valence-corrected chi connectivity index (χ1v) is 3.96. The molecule has 0 saturated carbocycles. The fourth-order valence-electron chi connectivity index (χ4n) is 0.786. The average molecular weight is 222 g/mol. The second-order valence-electron chi connectivity index (χ2n) is 2.77. The normalized spacial score (nSPS) is 13.6. The first kappa shape index (κ1) is 11.5. The fraction of sp³-hybridized carbons (Fsp3) is 0.429. The molecular formula is C7H9F3N4O. The van der Waals surface area contributed by atoms with Crippen LogP contribution in [0.1, 0.15) is 0 Å². The molecule has 1 aromatic heterocycles. The number of aromatic nitrogens is 2. The molecule has 1 heterocycles. The van der Waals surface area contributed by atoms with Gasteiger partial charge in [0.1, 0.15) is 18.0 Å². The smallest absolute Gasteiger partial charge is 0.384 e. The lowest BCUT2D eigenvalue weighted by Gasteiger charge is -2.15. The highest BCUT2D eigenvalue weighted by Gasteiger charge is 2.37. The van der Waals surface area contributed by atoms with E-state index in [0.29, 0.717) is 0 Å². The van der Waals surface area contributed by atoms with E-state index in [2.05, 4.69) is 15.3 Å². The minimum atomic E-state index is -4.65. The molecule has 1 atom stereocenters. The Kier molecular flexibility index (Phi) is 3.30. The van der Waals surface area contributed by atoms with Crippen LogP contribution in [-0.2, 0) is 0 Å². The molecule has 0 fully saturated rings. The number of hydrogen-bond acceptors (Lipinski definition) is 5. The van der Waals surface area contributed by atoms with Gasteiger partial charge in [-0.3, -0.25) is 0 Å². The highest BCUT2D eigenvalue weighted by Crippen LogP contribution is 2.20. The molecule has 0 aliphatic rings. The summed E-state index contributed by atoms with van der Waals surface area (Å²) >= 11 is 0. The van der Waals surface area contributed by atoms with E-state index in [0.717, 1.165) is 6.33 Å². The van der Waals surface area contributed by atoms with Crippen LogP contribution in [-0.4, -0.2) is 33.9 Å². The molecule has 0 aromatic carbocycles. The summed E-state index contributed by atoms with van der Waals surface area (Å²) in [5.74, 6) is 0.264. The Morgan fingerprint density at radius 1 is 1.47 bits per heavy atom. The van der Waals surface area contributed by atoms with Gasteiger partial charge in [0.2, 0.25) is 0 Å². The fourth-order valence-corrected chi connectivity index (χ4v) is 0.786. The van der Waals surface area contributed by atoms with E-state index in [1.54, 1.807) is 0 Å². The topological polar surface area (TPSA) is 84.1 Å². The van der Waals surface area contributed by atoms with Crippen LogP contribution in [0, 0.1) is 0 Å². The summed E-state index contributed by atoms with van der Waals surface area (Å²) < 4.78 is 35.7. The predicted molar refractivity (Wildman–Crippen MR) is 47.0 cm³/mol. The van der Waals surface area contributed by atoms with Gasteiger partial charge in [-0.2, -0.15) is 13.2 Å². The van der Waals surface area contributed by atoms with Gasteiger partial charge in [0.25, 0.3) is 0 Å². The van der Waals surface area contributed by atoms with Crippen molar-refractivity contribution in [3.63, 3.8) is 0 Å². The van der Waals surface area contributed by atoms with Crippen molar-refractivity contribution < 1.29 is 18.3 Å². The number of nitrogens with zero attached hydrogens (tertiary/aromatic N) is 2. The van der Waals surface area contributed by atoms with E-state index < -0.39 is 18.8 Å². The molecule has 0 saturated heterocycles. The minimum absolute atomic E-state index is 0.130. The van der Waals surface area contributed by atoms with Gasteiger partial charge in [0, 0.05) is 6.07 Å². The van der Waals surface area contributed by atoms with Crippen molar-refractivity contribution in [1.29, 1.82) is 0 Å². The Bertz CT molecular complexity index is 330. The number of nitrogen functional groups attached to an aromatic ring is 1. The number of anilines is 2. The van der Waals surface area contributed by atoms with Crippen molar-refractivity contribution in [3.8, 4) is 0 Å². The first-order valence-electron chi connectivity index (χ1n) is 3.96. The predicted octanol–water partition coefficient (Wildman–Crippen LogP) is 0.394. The summed E-state index contributed by atoms with van der Waals surface area (Å²) in [6.07, 6.45) is -5.97. The minimum Gasteiger partial charge on any atom is -0.384 e. The molecule has 0 aliphatic heterocycles. The van der Waals surface area contributed by atoms with Crippen LogP contribution < -0.4 is 11.1 Å². The molecular weight excluding hydrogens is 213 g/mol. The van der Waals surface area contributed by atoms with Crippen LogP contribution in [0.15, 0.2) is 12.4 Å². The lowest BCUT2D eigenvalue weighted by atomic mass is 10.3. The van der Waals surface area contributed by atoms with Gasteiger partial charge in [0.15, 0.2) is 6.10 Å². The zero-order valence-electron chi connectivity index (χ0n) is 7.49. The molecule has 5 nitrogen and oxygen atoms in total. The number of rotatable bonds is 3. The maximum absolute atomic E-state index is 11.9. The van der Waals surface area contributed by atoms with Crippen molar-refractivity contribution in [2.75, 3.05) is 17.6 Å². The standard InChI is InChI=1S/C7H9F3N4O/c8-7(9,10)4(15)2-12-6-1-5(11)13-3-14-6/h1,3-4,15H,2H2,(H3,11,12,13,14). The number of hydrogen-bond donors (Lipinski definition) is 3. The summed E-state index contributed by atoms with van der Waals surface area (Å²) in [6, 6.07) is 1.27. The third kappa shape index (κ3) is 3.58. The van der Waals surface area contributed by atoms with Gasteiger partial charge < -0.3 is 16.2 Å². The van der Waals surface area contributed by atoms with Crippen molar-refractivity contribution in [3.05, 3.63) is 12.4 Å². The summed E-state index contributed by atoms with van der Waals surface area (Å²) in [6.45, 7) is -0.681. The number of halogens is 3. The third-order valence-corrected chi connectivity index (χ3v) is 1.54. The van der Waals surface area contributed by atoms with Crippen LogP contribution in [0.25, 0.3) is 0 Å². The van der Waals surface area contributed by atoms with Gasteiger partial charge in [-0.05, 0) is 0 Å². The largest absolute Gasteiger partial charge is 0.416 e. The number of alkyl halides is 3. The maximum Gasteiger partial charge on any atom is 0.416 e. The molecule has 8 heteroatoms. The van der Waals surface area contributed by atoms with Gasteiger partial charge in [-0.25, -0.2) is 9.97 Å². The summed E-state index contributed by atoms with van der Waals surface area (Å²) in [5.41, 5.74) is 5.27. The van der Waals surface area contributed by atoms with E-state index in [1.165, 1.54) is 6.07 Å². The van der Waals surface area contributed by atoms with Crippen molar-refractivity contribution >= 4 is 11.6 Å². The van der Waals surface area contributed by atoms with Gasteiger partial charge in [0.05, 0.1) is 6.54 Å². The number of nitrogens with two attached hydrogens (primary N) is 1. The average Bonchev–Trinajstić information content (AvgIpc) is 2.12. The summed E-state index contributed by atoms with van der Waals surface area (Å²) in [4.78, 5) is 7.17. The Hall–Kier alpha value is -1.57. The Labute approximate surface area is 83.1 Å². The number of aliphatic hydroxyl groups excluding tert-OH is 1. The molecule has 0 radical (unpaired) electrons. The molecule has 4 N–H and O–H groups in total. The second kappa shape index (κ2) is 4.30. The van der Waals surface area contributed by atoms with E-state index >= 15 is 0 Å². The van der Waals surface area contributed by atoms with E-state index in [-0.39, 0.29) is 11.6 Å². The lowest BCUT2D eigenvalue weighted by Crippen LogP contribution is -2.35. The first-order chi connectivity index (χ1) is 6.89. The van der Waals surface area contributed by atoms with Crippen LogP contribution in [0.5, 0.6) is 0 Å². The SMILES string of the molecule is Nc1cc(NCC(O)C(F)(F)F)ncn1. The van der Waals surface area contributed by atoms with Crippen LogP contribution >= 0.6 is 0 Å². The second-order valence-corrected chi connectivity index (χ2v) is 2.77. The molecule has 0 amide bonds. The molecule has 0 aliphatic carbocycles. The zero-order valence-corrected chi connectivity index (χ0v) is 7.49. The highest BCUT2D eigenvalue weighted by atomic mass is 19.4. The van der Waals surface area contributed by atoms with Crippen molar-refractivity contribution in [2.24, 2.45) is 0 Å². The molecule has 1 unspecified atom stereocenters. The Morgan fingerprint density at radius 2 is 2.13 bits per heavy atom. The van der Waals surface area contributed by atoms with E-state index in [9.17, 15) is 13.2 Å². The number of aliphatic hydroxyl groups is 1. The van der Waals surface area contributed by atoms with Gasteiger partial charge >= 0.3 is 6.18 Å². The quantitative estimate of drug-likeness (QED) is 0.689. The van der Waals surface area contributed by atoms with E-state index in [1.807, 2.05) is 0 Å². The Balaban J connectivity index is 2.51. The summed E-state index contributed by atoms with van der Waals surface area (Å²) in [7, 11) is 0. The molecule has 1 aromatic rings. The number of nitrogens with one attached hydrogen (secondary N) is 1.